The van der Waals surface area contributed by atoms with Gasteiger partial charge in [0.05, 0.1) is 12.1 Å². The second-order valence-electron chi connectivity index (χ2n) is 4.71. The molecule has 0 atom stereocenters. The lowest BCUT2D eigenvalue weighted by atomic mass is 10.1. The van der Waals surface area contributed by atoms with Crippen molar-refractivity contribution >= 4 is 34.6 Å². The molecule has 2 N–H and O–H groups in total. The van der Waals surface area contributed by atoms with E-state index in [9.17, 15) is 9.59 Å². The van der Waals surface area contributed by atoms with Gasteiger partial charge in [0, 0.05) is 5.56 Å². The molecule has 1 rings (SSSR count). The number of aliphatic imine (C=N–C) groups is 1. The van der Waals surface area contributed by atoms with Gasteiger partial charge in [-0.3, -0.25) is 4.79 Å². The summed E-state index contributed by atoms with van der Waals surface area (Å²) < 4.78 is 5.41. The Bertz CT molecular complexity index is 686. The van der Waals surface area contributed by atoms with E-state index in [-0.39, 0.29) is 11.6 Å². The van der Waals surface area contributed by atoms with Gasteiger partial charge in [-0.2, -0.15) is 4.99 Å². The largest absolute Gasteiger partial charge is 0.490 e. The summed E-state index contributed by atoms with van der Waals surface area (Å²) >= 11 is 1.02. The molecular formula is C17H21N3O5S. The van der Waals surface area contributed by atoms with Crippen LogP contribution in [0.2, 0.25) is 0 Å². The van der Waals surface area contributed by atoms with Gasteiger partial charge in [-0.1, -0.05) is 29.6 Å². The molecule has 0 spiro atoms. The standard InChI is InChI=1S/C17H21N3O5S/c1-4-10-24-13-8-6-12(7-9-13)14(20-25-5-2)11-15(21)18-16(26-3)19-17(22)23/h4,6-9H,1,5,10-11H2,2-3H3,(H,22,23)(H,18,19,21)/b20-14-. The minimum absolute atomic E-state index is 0.00793. The fourth-order valence-corrected chi connectivity index (χ4v) is 2.14. The summed E-state index contributed by atoms with van der Waals surface area (Å²) in [5.74, 6) is 0.205. The number of carbonyl (C=O) groups is 2. The summed E-state index contributed by atoms with van der Waals surface area (Å²) in [6.45, 7) is 6.10. The zero-order valence-electron chi connectivity index (χ0n) is 14.6. The maximum Gasteiger partial charge on any atom is 0.433 e. The normalized spacial score (nSPS) is 11.6. The Labute approximate surface area is 156 Å². The predicted octanol–water partition coefficient (Wildman–Crippen LogP) is 2.90. The van der Waals surface area contributed by atoms with Gasteiger partial charge in [0.2, 0.25) is 5.91 Å². The highest BCUT2D eigenvalue weighted by Crippen LogP contribution is 2.14. The van der Waals surface area contributed by atoms with Gasteiger partial charge < -0.3 is 20.0 Å². The first-order valence-corrected chi connectivity index (χ1v) is 8.91. The fraction of sp³-hybridized carbons (Fsp3) is 0.294. The number of rotatable bonds is 8. The number of oxime groups is 1. The van der Waals surface area contributed by atoms with Crippen molar-refractivity contribution in [3.05, 3.63) is 42.5 Å². The molecule has 0 saturated heterocycles. The van der Waals surface area contributed by atoms with Crippen LogP contribution in [0.3, 0.4) is 0 Å². The Balaban J connectivity index is 2.88. The van der Waals surface area contributed by atoms with Gasteiger partial charge in [0.25, 0.3) is 0 Å². The minimum atomic E-state index is -1.38. The van der Waals surface area contributed by atoms with Crippen LogP contribution in [0.4, 0.5) is 4.79 Å². The smallest absolute Gasteiger partial charge is 0.433 e. The lowest BCUT2D eigenvalue weighted by Crippen LogP contribution is -2.30. The van der Waals surface area contributed by atoms with E-state index in [1.165, 1.54) is 0 Å². The second-order valence-corrected chi connectivity index (χ2v) is 5.50. The van der Waals surface area contributed by atoms with Crippen LogP contribution in [-0.4, -0.2) is 47.5 Å². The average Bonchev–Trinajstić information content (AvgIpc) is 2.62. The number of carbonyl (C=O) groups excluding carboxylic acids is 1. The van der Waals surface area contributed by atoms with Crippen LogP contribution in [0, 0.1) is 0 Å². The molecule has 26 heavy (non-hydrogen) atoms. The molecule has 0 aliphatic heterocycles. The van der Waals surface area contributed by atoms with Crippen molar-refractivity contribution in [2.24, 2.45) is 10.1 Å². The summed E-state index contributed by atoms with van der Waals surface area (Å²) in [5, 5.41) is 15.1. The first-order chi connectivity index (χ1) is 12.5. The molecule has 2 amide bonds. The number of thioether (sulfide) groups is 1. The van der Waals surface area contributed by atoms with Crippen LogP contribution in [0.15, 0.2) is 47.1 Å². The molecule has 0 saturated carbocycles. The molecule has 0 radical (unpaired) electrons. The molecular weight excluding hydrogens is 358 g/mol. The third-order valence-electron chi connectivity index (χ3n) is 2.82. The van der Waals surface area contributed by atoms with E-state index in [0.717, 1.165) is 11.8 Å². The van der Waals surface area contributed by atoms with E-state index in [1.54, 1.807) is 43.5 Å². The molecule has 0 unspecified atom stereocenters. The van der Waals surface area contributed by atoms with Gasteiger partial charge in [-0.25, -0.2) is 4.79 Å². The maximum absolute atomic E-state index is 12.2. The number of nitrogens with one attached hydrogen (secondary N) is 1. The SMILES string of the molecule is C=CCOc1ccc(/C(CC(=O)N/C(=N/C(=O)O)SC)=N\OCC)cc1. The average molecular weight is 379 g/mol. The topological polar surface area (TPSA) is 110 Å². The third kappa shape index (κ3) is 7.84. The Morgan fingerprint density at radius 3 is 2.58 bits per heavy atom. The molecule has 9 heteroatoms. The Kier molecular flexibility index (Phi) is 9.55. The van der Waals surface area contributed by atoms with Gasteiger partial charge in [-0.15, -0.1) is 0 Å². The van der Waals surface area contributed by atoms with Crippen molar-refractivity contribution in [1.29, 1.82) is 0 Å². The number of amides is 2. The van der Waals surface area contributed by atoms with Crippen molar-refractivity contribution in [3.8, 4) is 5.75 Å². The molecule has 0 fully saturated rings. The maximum atomic E-state index is 12.2. The van der Waals surface area contributed by atoms with Gasteiger partial charge in [-0.05, 0) is 37.4 Å². The van der Waals surface area contributed by atoms with Crippen LogP contribution in [0.5, 0.6) is 5.75 Å². The summed E-state index contributed by atoms with van der Waals surface area (Å²) in [7, 11) is 0. The van der Waals surface area contributed by atoms with Crippen molar-refractivity contribution in [1.82, 2.24) is 5.32 Å². The van der Waals surface area contributed by atoms with Gasteiger partial charge >= 0.3 is 6.09 Å². The molecule has 0 aliphatic rings. The number of benzene rings is 1. The molecule has 0 heterocycles. The van der Waals surface area contributed by atoms with Crippen LogP contribution < -0.4 is 10.1 Å². The number of ether oxygens (including phenoxy) is 1. The first kappa shape index (κ1) is 21.2. The number of hydrogen-bond donors (Lipinski definition) is 2. The van der Waals surface area contributed by atoms with Crippen LogP contribution in [0.1, 0.15) is 18.9 Å². The Morgan fingerprint density at radius 2 is 2.04 bits per heavy atom. The lowest BCUT2D eigenvalue weighted by Gasteiger charge is -2.09. The zero-order valence-corrected chi connectivity index (χ0v) is 15.4. The van der Waals surface area contributed by atoms with Crippen LogP contribution in [-0.2, 0) is 9.63 Å². The number of carboxylic acid groups (broad SMARTS) is 1. The Hall–Kier alpha value is -2.81. The first-order valence-electron chi connectivity index (χ1n) is 7.68. The highest BCUT2D eigenvalue weighted by molar-refractivity contribution is 8.13. The molecule has 140 valence electrons. The van der Waals surface area contributed by atoms with E-state index in [0.29, 0.717) is 30.2 Å². The third-order valence-corrected chi connectivity index (χ3v) is 3.40. The Morgan fingerprint density at radius 1 is 1.35 bits per heavy atom. The van der Waals surface area contributed by atoms with Crippen molar-refractivity contribution in [2.45, 2.75) is 13.3 Å². The van der Waals surface area contributed by atoms with E-state index in [2.05, 4.69) is 22.0 Å². The highest BCUT2D eigenvalue weighted by Gasteiger charge is 2.14. The molecule has 1 aromatic rings. The van der Waals surface area contributed by atoms with Crippen LogP contribution >= 0.6 is 11.8 Å². The lowest BCUT2D eigenvalue weighted by molar-refractivity contribution is -0.118. The van der Waals surface area contributed by atoms with E-state index >= 15 is 0 Å². The number of amidine groups is 1. The monoisotopic (exact) mass is 379 g/mol. The number of nitrogens with zero attached hydrogens (tertiary/aromatic N) is 2. The predicted molar refractivity (Wildman–Crippen MR) is 102 cm³/mol. The quantitative estimate of drug-likeness (QED) is 0.311. The van der Waals surface area contributed by atoms with Gasteiger partial charge in [0.1, 0.15) is 19.0 Å². The number of hydrogen-bond acceptors (Lipinski definition) is 6. The van der Waals surface area contributed by atoms with E-state index < -0.39 is 12.0 Å². The minimum Gasteiger partial charge on any atom is -0.490 e. The molecule has 8 nitrogen and oxygen atoms in total. The highest BCUT2D eigenvalue weighted by atomic mass is 32.2. The second kappa shape index (κ2) is 11.7. The van der Waals surface area contributed by atoms with Crippen molar-refractivity contribution in [2.75, 3.05) is 19.5 Å². The summed E-state index contributed by atoms with van der Waals surface area (Å²) in [4.78, 5) is 31.2. The summed E-state index contributed by atoms with van der Waals surface area (Å²) in [6, 6.07) is 7.00. The summed E-state index contributed by atoms with van der Waals surface area (Å²) in [6.07, 6.45) is 1.76. The van der Waals surface area contributed by atoms with E-state index in [4.69, 9.17) is 14.7 Å². The molecule has 0 bridgehead atoms. The molecule has 0 aliphatic carbocycles. The fourth-order valence-electron chi connectivity index (χ4n) is 1.76. The van der Waals surface area contributed by atoms with Crippen LogP contribution in [0.25, 0.3) is 0 Å². The summed E-state index contributed by atoms with van der Waals surface area (Å²) in [5.41, 5.74) is 1.08. The molecule has 1 aromatic carbocycles. The van der Waals surface area contributed by atoms with E-state index in [1.807, 2.05) is 0 Å². The zero-order chi connectivity index (χ0) is 19.4. The van der Waals surface area contributed by atoms with Crippen molar-refractivity contribution in [3.63, 3.8) is 0 Å². The van der Waals surface area contributed by atoms with Gasteiger partial charge in [0.15, 0.2) is 5.17 Å². The van der Waals surface area contributed by atoms with Crippen molar-refractivity contribution < 1.29 is 24.3 Å². The molecule has 0 aromatic heterocycles.